The van der Waals surface area contributed by atoms with Gasteiger partial charge in [0.1, 0.15) is 6.10 Å². The van der Waals surface area contributed by atoms with Crippen LogP contribution in [0.2, 0.25) is 5.02 Å². The van der Waals surface area contributed by atoms with Crippen molar-refractivity contribution in [1.82, 2.24) is 19.4 Å². The van der Waals surface area contributed by atoms with Crippen LogP contribution >= 0.6 is 11.6 Å². The van der Waals surface area contributed by atoms with Gasteiger partial charge in [-0.2, -0.15) is 22.5 Å². The zero-order valence-corrected chi connectivity index (χ0v) is 17.2. The summed E-state index contributed by atoms with van der Waals surface area (Å²) < 4.78 is 74.4. The normalized spacial score (nSPS) is 17.7. The van der Waals surface area contributed by atoms with Gasteiger partial charge in [0, 0.05) is 29.4 Å². The van der Waals surface area contributed by atoms with Gasteiger partial charge in [0.2, 0.25) is 21.7 Å². The number of rotatable bonds is 5. The van der Waals surface area contributed by atoms with Gasteiger partial charge in [0.15, 0.2) is 0 Å². The summed E-state index contributed by atoms with van der Waals surface area (Å²) >= 11 is 5.89. The molecule has 0 bridgehead atoms. The molecule has 2 aromatic heterocycles. The number of hydrogen-bond donors (Lipinski definition) is 0. The van der Waals surface area contributed by atoms with Crippen LogP contribution in [-0.4, -0.2) is 47.0 Å². The summed E-state index contributed by atoms with van der Waals surface area (Å²) in [6.45, 7) is 0.388. The molecule has 1 saturated heterocycles. The van der Waals surface area contributed by atoms with E-state index in [1.807, 2.05) is 0 Å². The Morgan fingerprint density at radius 2 is 2.03 bits per heavy atom. The first kappa shape index (κ1) is 21.5. The van der Waals surface area contributed by atoms with E-state index >= 15 is 0 Å². The lowest BCUT2D eigenvalue weighted by atomic mass is 10.2. The molecule has 0 aliphatic carbocycles. The van der Waals surface area contributed by atoms with Gasteiger partial charge in [-0.3, -0.25) is 0 Å². The van der Waals surface area contributed by atoms with Gasteiger partial charge in [-0.25, -0.2) is 13.4 Å². The molecule has 3 aromatic rings. The van der Waals surface area contributed by atoms with Gasteiger partial charge in [-0.15, -0.1) is 0 Å². The zero-order chi connectivity index (χ0) is 22.2. The number of pyridine rings is 1. The Balaban J connectivity index is 1.41. The van der Waals surface area contributed by atoms with Gasteiger partial charge >= 0.3 is 12.1 Å². The molecule has 1 aliphatic rings. The number of nitrogens with zero attached hydrogens (tertiary/aromatic N) is 4. The van der Waals surface area contributed by atoms with Crippen molar-refractivity contribution in [3.63, 3.8) is 0 Å². The van der Waals surface area contributed by atoms with Gasteiger partial charge < -0.3 is 9.26 Å². The maximum atomic E-state index is 12.8. The molecule has 31 heavy (non-hydrogen) atoms. The average molecular weight is 475 g/mol. The molecule has 0 saturated carbocycles. The molecule has 8 nitrogen and oxygen atoms in total. The van der Waals surface area contributed by atoms with Crippen molar-refractivity contribution in [2.24, 2.45) is 0 Å². The molecule has 13 heteroatoms. The molecule has 1 atom stereocenters. The van der Waals surface area contributed by atoms with E-state index in [0.29, 0.717) is 11.4 Å². The van der Waals surface area contributed by atoms with E-state index in [4.69, 9.17) is 16.3 Å². The molecule has 1 aromatic carbocycles. The van der Waals surface area contributed by atoms with Gasteiger partial charge in [-0.05, 0) is 30.7 Å². The van der Waals surface area contributed by atoms with Crippen molar-refractivity contribution in [2.45, 2.75) is 23.6 Å². The SMILES string of the molecule is O=S(=O)(c1cccc(Cl)c1)N1CC[C@@H](Oc2ccc(-c3noc(C(F)(F)F)n3)cn2)C1. The van der Waals surface area contributed by atoms with E-state index in [2.05, 4.69) is 19.6 Å². The molecule has 0 unspecified atom stereocenters. The van der Waals surface area contributed by atoms with Crippen LogP contribution in [0, 0.1) is 0 Å². The summed E-state index contributed by atoms with van der Waals surface area (Å²) in [5.41, 5.74) is 0.211. The van der Waals surface area contributed by atoms with Crippen molar-refractivity contribution >= 4 is 21.6 Å². The third kappa shape index (κ3) is 4.65. The largest absolute Gasteiger partial charge is 0.473 e. The maximum absolute atomic E-state index is 12.8. The van der Waals surface area contributed by atoms with Crippen LogP contribution in [0.15, 0.2) is 52.0 Å². The minimum atomic E-state index is -4.73. The highest BCUT2D eigenvalue weighted by molar-refractivity contribution is 7.89. The van der Waals surface area contributed by atoms with Crippen LogP contribution in [0.5, 0.6) is 5.88 Å². The summed E-state index contributed by atoms with van der Waals surface area (Å²) in [6, 6.07) is 8.87. The highest BCUT2D eigenvalue weighted by Gasteiger charge is 2.38. The van der Waals surface area contributed by atoms with Crippen LogP contribution in [-0.2, 0) is 16.2 Å². The Morgan fingerprint density at radius 1 is 1.23 bits per heavy atom. The lowest BCUT2D eigenvalue weighted by molar-refractivity contribution is -0.159. The Hall–Kier alpha value is -2.70. The summed E-state index contributed by atoms with van der Waals surface area (Å²) in [5.74, 6) is -1.52. The quantitative estimate of drug-likeness (QED) is 0.556. The van der Waals surface area contributed by atoms with Crippen molar-refractivity contribution in [1.29, 1.82) is 0 Å². The fourth-order valence-corrected chi connectivity index (χ4v) is 4.79. The molecule has 0 spiro atoms. The molecule has 1 aliphatic heterocycles. The number of aromatic nitrogens is 3. The Labute approximate surface area is 179 Å². The summed E-state index contributed by atoms with van der Waals surface area (Å²) in [5, 5.41) is 3.61. The van der Waals surface area contributed by atoms with Crippen molar-refractivity contribution in [2.75, 3.05) is 13.1 Å². The molecule has 1 fully saturated rings. The smallest absolute Gasteiger partial charge is 0.471 e. The number of ether oxygens (including phenoxy) is 1. The van der Waals surface area contributed by atoms with Gasteiger partial charge in [-0.1, -0.05) is 22.8 Å². The van der Waals surface area contributed by atoms with Gasteiger partial charge in [0.05, 0.1) is 11.4 Å². The standard InChI is InChI=1S/C18H14ClF3N4O4S/c19-12-2-1-3-14(8-12)31(27,28)26-7-6-13(10-26)29-15-5-4-11(9-23-15)16-24-17(30-25-16)18(20,21)22/h1-5,8-9,13H,6-7,10H2/t13-/m1/s1. The first-order valence-electron chi connectivity index (χ1n) is 8.92. The second-order valence-corrected chi connectivity index (χ2v) is 9.03. The molecule has 0 amide bonds. The Bertz CT molecular complexity index is 1190. The monoisotopic (exact) mass is 474 g/mol. The maximum Gasteiger partial charge on any atom is 0.471 e. The molecule has 4 rings (SSSR count). The van der Waals surface area contributed by atoms with E-state index in [0.717, 1.165) is 0 Å². The first-order valence-corrected chi connectivity index (χ1v) is 10.7. The molecular weight excluding hydrogens is 461 g/mol. The van der Waals surface area contributed by atoms with E-state index in [1.54, 1.807) is 12.1 Å². The third-order valence-electron chi connectivity index (χ3n) is 4.49. The number of benzene rings is 1. The Kier molecular flexibility index (Phi) is 5.62. The predicted octanol–water partition coefficient (Wildman–Crippen LogP) is 3.65. The van der Waals surface area contributed by atoms with Crippen molar-refractivity contribution < 1.29 is 30.8 Å². The van der Waals surface area contributed by atoms with Crippen LogP contribution in [0.4, 0.5) is 13.2 Å². The molecule has 0 radical (unpaired) electrons. The lowest BCUT2D eigenvalue weighted by Crippen LogP contribution is -2.31. The fraction of sp³-hybridized carbons (Fsp3) is 0.278. The van der Waals surface area contributed by atoms with Crippen LogP contribution in [0.1, 0.15) is 12.3 Å². The molecular formula is C18H14ClF3N4O4S. The van der Waals surface area contributed by atoms with Crippen molar-refractivity contribution in [3.8, 4) is 17.3 Å². The van der Waals surface area contributed by atoms with Crippen LogP contribution in [0.3, 0.4) is 0 Å². The topological polar surface area (TPSA) is 98.4 Å². The lowest BCUT2D eigenvalue weighted by Gasteiger charge is -2.17. The number of halogens is 4. The van der Waals surface area contributed by atoms with Crippen LogP contribution < -0.4 is 4.74 Å². The number of hydrogen-bond acceptors (Lipinski definition) is 7. The highest BCUT2D eigenvalue weighted by atomic mass is 35.5. The summed E-state index contributed by atoms with van der Waals surface area (Å²) in [7, 11) is -3.71. The fourth-order valence-electron chi connectivity index (χ4n) is 3.00. The second kappa shape index (κ2) is 8.09. The molecule has 0 N–H and O–H groups in total. The van der Waals surface area contributed by atoms with E-state index in [-0.39, 0.29) is 35.3 Å². The van der Waals surface area contributed by atoms with Gasteiger partial charge in [0.25, 0.3) is 0 Å². The minimum Gasteiger partial charge on any atom is -0.473 e. The highest BCUT2D eigenvalue weighted by Crippen LogP contribution is 2.30. The second-order valence-electron chi connectivity index (χ2n) is 6.65. The number of sulfonamides is 1. The van der Waals surface area contributed by atoms with E-state index in [1.165, 1.54) is 34.8 Å². The van der Waals surface area contributed by atoms with E-state index in [9.17, 15) is 21.6 Å². The van der Waals surface area contributed by atoms with Crippen LogP contribution in [0.25, 0.3) is 11.4 Å². The third-order valence-corrected chi connectivity index (χ3v) is 6.59. The summed E-state index contributed by atoms with van der Waals surface area (Å²) in [4.78, 5) is 7.43. The number of alkyl halides is 3. The molecule has 164 valence electrons. The average Bonchev–Trinajstić information content (AvgIpc) is 3.38. The minimum absolute atomic E-state index is 0.0986. The van der Waals surface area contributed by atoms with E-state index < -0.39 is 28.2 Å². The summed E-state index contributed by atoms with van der Waals surface area (Å²) in [6.07, 6.45) is -3.48. The zero-order valence-electron chi connectivity index (χ0n) is 15.6. The predicted molar refractivity (Wildman–Crippen MR) is 102 cm³/mol. The first-order chi connectivity index (χ1) is 14.6. The molecule has 3 heterocycles. The van der Waals surface area contributed by atoms with Crippen molar-refractivity contribution in [3.05, 3.63) is 53.5 Å². The Morgan fingerprint density at radius 3 is 2.68 bits per heavy atom.